The van der Waals surface area contributed by atoms with Crippen LogP contribution in [0.4, 0.5) is 39.3 Å². The third-order valence-electron chi connectivity index (χ3n) is 5.93. The highest BCUT2D eigenvalue weighted by molar-refractivity contribution is 5.74. The maximum absolute atomic E-state index is 14.3. The minimum atomic E-state index is -4.36. The maximum Gasteiger partial charge on any atom is 0.393 e. The Labute approximate surface area is 196 Å². The number of nitrogens with one attached hydrogen (secondary N) is 1. The fourth-order valence-electron chi connectivity index (χ4n) is 4.30. The molecule has 2 atom stereocenters. The lowest BCUT2D eigenvalue weighted by Gasteiger charge is -2.39. The maximum atomic E-state index is 14.3. The molecular formula is C23H20F5N7. The molecule has 1 aliphatic rings. The molecule has 5 rings (SSSR count). The molecule has 0 spiro atoms. The van der Waals surface area contributed by atoms with Crippen molar-refractivity contribution in [2.75, 3.05) is 23.3 Å². The van der Waals surface area contributed by atoms with E-state index in [0.29, 0.717) is 16.9 Å². The van der Waals surface area contributed by atoms with Crippen molar-refractivity contribution in [3.05, 3.63) is 66.6 Å². The quantitative estimate of drug-likeness (QED) is 0.410. The number of imidazole rings is 1. The molecule has 1 fully saturated rings. The molecule has 0 saturated carbocycles. The van der Waals surface area contributed by atoms with Crippen LogP contribution in [0.5, 0.6) is 0 Å². The van der Waals surface area contributed by atoms with E-state index in [4.69, 9.17) is 5.73 Å². The van der Waals surface area contributed by atoms with Gasteiger partial charge in [0.25, 0.3) is 0 Å². The molecule has 12 heteroatoms. The van der Waals surface area contributed by atoms with Gasteiger partial charge in [-0.2, -0.15) is 22.8 Å². The molecule has 0 radical (unpaired) electrons. The summed E-state index contributed by atoms with van der Waals surface area (Å²) < 4.78 is 70.2. The average molecular weight is 489 g/mol. The first-order valence-corrected chi connectivity index (χ1v) is 10.8. The van der Waals surface area contributed by atoms with Gasteiger partial charge in [0.15, 0.2) is 0 Å². The van der Waals surface area contributed by atoms with Crippen molar-refractivity contribution in [2.45, 2.75) is 18.6 Å². The van der Waals surface area contributed by atoms with Crippen LogP contribution in [0.15, 0.2) is 55.0 Å². The van der Waals surface area contributed by atoms with Gasteiger partial charge in [-0.05, 0) is 36.8 Å². The standard InChI is InChI=1S/C23H20F5N7/c24-16-2-1-3-17(25)21(16)18-5-4-15-9-31-22(35(15)33-18)32-19-10-30-7-6-20(19)34-11-13(23(26,27)28)8-14(29)12-34/h1-7,9-10,13-14H,8,11-12,29H2,(H,31,32)/t13-,14+/m0/s1. The number of nitrogens with zero attached hydrogens (tertiary/aromatic N) is 5. The number of hydrogen-bond acceptors (Lipinski definition) is 6. The van der Waals surface area contributed by atoms with Gasteiger partial charge in [-0.1, -0.05) is 6.07 Å². The number of benzene rings is 1. The lowest BCUT2D eigenvalue weighted by molar-refractivity contribution is -0.177. The molecule has 35 heavy (non-hydrogen) atoms. The summed E-state index contributed by atoms with van der Waals surface area (Å²) in [7, 11) is 0. The summed E-state index contributed by atoms with van der Waals surface area (Å²) in [5.41, 5.74) is 7.11. The first kappa shape index (κ1) is 23.0. The van der Waals surface area contributed by atoms with E-state index >= 15 is 0 Å². The minimum Gasteiger partial charge on any atom is -0.368 e. The fourth-order valence-corrected chi connectivity index (χ4v) is 4.30. The van der Waals surface area contributed by atoms with Crippen LogP contribution in [0, 0.1) is 17.6 Å². The second-order valence-electron chi connectivity index (χ2n) is 8.39. The number of pyridine rings is 1. The van der Waals surface area contributed by atoms with Gasteiger partial charge in [0.1, 0.15) is 11.6 Å². The average Bonchev–Trinajstić information content (AvgIpc) is 3.20. The zero-order valence-corrected chi connectivity index (χ0v) is 18.2. The Morgan fingerprint density at radius 2 is 1.77 bits per heavy atom. The third-order valence-corrected chi connectivity index (χ3v) is 5.93. The molecule has 7 nitrogen and oxygen atoms in total. The Balaban J connectivity index is 1.50. The van der Waals surface area contributed by atoms with Gasteiger partial charge in [-0.15, -0.1) is 0 Å². The predicted octanol–water partition coefficient (Wildman–Crippen LogP) is 4.53. The first-order chi connectivity index (χ1) is 16.7. The second-order valence-corrected chi connectivity index (χ2v) is 8.39. The largest absolute Gasteiger partial charge is 0.393 e. The number of halogens is 5. The molecule has 3 N–H and O–H groups in total. The molecule has 182 valence electrons. The molecular weight excluding hydrogens is 469 g/mol. The van der Waals surface area contributed by atoms with Gasteiger partial charge in [-0.25, -0.2) is 13.8 Å². The number of fused-ring (bicyclic) bond motifs is 1. The minimum absolute atomic E-state index is 0.0515. The highest BCUT2D eigenvalue weighted by Gasteiger charge is 2.44. The van der Waals surface area contributed by atoms with E-state index in [9.17, 15) is 22.0 Å². The SMILES string of the molecule is N[C@@H]1C[C@H](C(F)(F)F)CN(c2ccncc2Nc2ncc3ccc(-c4c(F)cccc4F)nn23)C1. The number of aromatic nitrogens is 4. The summed E-state index contributed by atoms with van der Waals surface area (Å²) in [6.45, 7) is -0.00422. The van der Waals surface area contributed by atoms with Crippen molar-refractivity contribution in [2.24, 2.45) is 11.7 Å². The van der Waals surface area contributed by atoms with Crippen LogP contribution in [-0.4, -0.2) is 44.9 Å². The van der Waals surface area contributed by atoms with Crippen molar-refractivity contribution in [3.63, 3.8) is 0 Å². The monoisotopic (exact) mass is 489 g/mol. The van der Waals surface area contributed by atoms with Crippen molar-refractivity contribution in [1.29, 1.82) is 0 Å². The smallest absolute Gasteiger partial charge is 0.368 e. The topological polar surface area (TPSA) is 84.4 Å². The fraction of sp³-hybridized carbons (Fsp3) is 0.261. The Morgan fingerprint density at radius 1 is 1.00 bits per heavy atom. The molecule has 0 aliphatic carbocycles. The molecule has 4 aromatic rings. The van der Waals surface area contributed by atoms with Gasteiger partial charge >= 0.3 is 6.18 Å². The number of rotatable bonds is 4. The number of hydrogen-bond donors (Lipinski definition) is 2. The Kier molecular flexibility index (Phi) is 5.75. The van der Waals surface area contributed by atoms with E-state index in [2.05, 4.69) is 20.4 Å². The highest BCUT2D eigenvalue weighted by Crippen LogP contribution is 2.37. The van der Waals surface area contributed by atoms with E-state index in [1.807, 2.05) is 0 Å². The van der Waals surface area contributed by atoms with Crippen molar-refractivity contribution >= 4 is 22.8 Å². The summed E-state index contributed by atoms with van der Waals surface area (Å²) >= 11 is 0. The van der Waals surface area contributed by atoms with Crippen molar-refractivity contribution in [3.8, 4) is 11.3 Å². The van der Waals surface area contributed by atoms with Crippen LogP contribution in [0.1, 0.15) is 6.42 Å². The van der Waals surface area contributed by atoms with Crippen molar-refractivity contribution in [1.82, 2.24) is 19.6 Å². The van der Waals surface area contributed by atoms with E-state index < -0.39 is 29.8 Å². The van der Waals surface area contributed by atoms with E-state index in [1.54, 1.807) is 17.0 Å². The Morgan fingerprint density at radius 3 is 2.51 bits per heavy atom. The second kappa shape index (κ2) is 8.77. The molecule has 4 heterocycles. The normalized spacial score (nSPS) is 18.7. The summed E-state index contributed by atoms with van der Waals surface area (Å²) in [6.07, 6.45) is -0.0658. The Hall–Kier alpha value is -3.80. The summed E-state index contributed by atoms with van der Waals surface area (Å²) in [6, 6.07) is 7.56. The van der Waals surface area contributed by atoms with E-state index in [0.717, 1.165) is 12.1 Å². The van der Waals surface area contributed by atoms with Gasteiger partial charge in [0.05, 0.1) is 46.5 Å². The van der Waals surface area contributed by atoms with Crippen LogP contribution < -0.4 is 16.0 Å². The third kappa shape index (κ3) is 4.48. The molecule has 1 aliphatic heterocycles. The van der Waals surface area contributed by atoms with Gasteiger partial charge < -0.3 is 16.0 Å². The van der Waals surface area contributed by atoms with Crippen molar-refractivity contribution < 1.29 is 22.0 Å². The predicted molar refractivity (Wildman–Crippen MR) is 120 cm³/mol. The van der Waals surface area contributed by atoms with Crippen LogP contribution in [-0.2, 0) is 0 Å². The highest BCUT2D eigenvalue weighted by atomic mass is 19.4. The Bertz CT molecular complexity index is 1350. The van der Waals surface area contributed by atoms with Gasteiger partial charge in [0, 0.05) is 25.3 Å². The molecule has 0 amide bonds. The van der Waals surface area contributed by atoms with Gasteiger partial charge in [-0.3, -0.25) is 4.98 Å². The van der Waals surface area contributed by atoms with Crippen LogP contribution in [0.2, 0.25) is 0 Å². The molecule has 0 bridgehead atoms. The number of nitrogens with two attached hydrogens (primary N) is 1. The summed E-state index contributed by atoms with van der Waals surface area (Å²) in [5, 5.41) is 7.38. The summed E-state index contributed by atoms with van der Waals surface area (Å²) in [5.74, 6) is -2.88. The number of alkyl halides is 3. The number of anilines is 3. The van der Waals surface area contributed by atoms with E-state index in [1.165, 1.54) is 35.2 Å². The molecule has 3 aromatic heterocycles. The molecule has 1 saturated heterocycles. The lowest BCUT2D eigenvalue weighted by Crippen LogP contribution is -2.51. The van der Waals surface area contributed by atoms with E-state index in [-0.39, 0.29) is 36.7 Å². The van der Waals surface area contributed by atoms with Crippen LogP contribution in [0.3, 0.4) is 0 Å². The first-order valence-electron chi connectivity index (χ1n) is 10.8. The molecule has 0 unspecified atom stereocenters. The summed E-state index contributed by atoms with van der Waals surface area (Å²) in [4.78, 5) is 9.92. The van der Waals surface area contributed by atoms with Crippen LogP contribution >= 0.6 is 0 Å². The zero-order valence-electron chi connectivity index (χ0n) is 18.2. The lowest BCUT2D eigenvalue weighted by atomic mass is 9.93. The number of piperidine rings is 1. The molecule has 1 aromatic carbocycles. The van der Waals surface area contributed by atoms with Gasteiger partial charge in [0.2, 0.25) is 5.95 Å². The zero-order chi connectivity index (χ0) is 24.7. The van der Waals surface area contributed by atoms with Crippen LogP contribution in [0.25, 0.3) is 16.8 Å².